The zero-order valence-corrected chi connectivity index (χ0v) is 14.2. The highest BCUT2D eigenvalue weighted by molar-refractivity contribution is 6.00. The van der Waals surface area contributed by atoms with E-state index in [-0.39, 0.29) is 18.9 Å². The number of amides is 4. The van der Waals surface area contributed by atoms with Crippen molar-refractivity contribution < 1.29 is 23.9 Å². The van der Waals surface area contributed by atoms with Crippen molar-refractivity contribution in [3.63, 3.8) is 0 Å². The van der Waals surface area contributed by atoms with E-state index in [0.717, 1.165) is 17.7 Å². The number of hydrogen-bond acceptors (Lipinski definition) is 5. The highest BCUT2D eigenvalue weighted by atomic mass is 16.5. The summed E-state index contributed by atoms with van der Waals surface area (Å²) in [7, 11) is 1.36. The van der Waals surface area contributed by atoms with Crippen LogP contribution >= 0.6 is 0 Å². The summed E-state index contributed by atoms with van der Waals surface area (Å²) in [6.45, 7) is 1.69. The first kappa shape index (κ1) is 18.4. The molecule has 2 N–H and O–H groups in total. The summed E-state index contributed by atoms with van der Waals surface area (Å²) in [5, 5.41) is 4.20. The van der Waals surface area contributed by atoms with Gasteiger partial charge >= 0.3 is 12.0 Å². The minimum atomic E-state index is -0.732. The zero-order valence-electron chi connectivity index (χ0n) is 14.2. The van der Waals surface area contributed by atoms with Gasteiger partial charge in [-0.25, -0.2) is 4.79 Å². The Morgan fingerprint density at radius 3 is 2.52 bits per heavy atom. The maximum Gasteiger partial charge on any atom is 0.321 e. The van der Waals surface area contributed by atoms with Crippen LogP contribution in [0.1, 0.15) is 18.9 Å². The van der Waals surface area contributed by atoms with Gasteiger partial charge in [0.25, 0.3) is 5.91 Å². The molecule has 1 saturated heterocycles. The molecule has 1 aliphatic heterocycles. The zero-order chi connectivity index (χ0) is 18.4. The van der Waals surface area contributed by atoms with Gasteiger partial charge in [-0.2, -0.15) is 0 Å². The van der Waals surface area contributed by atoms with Gasteiger partial charge in [0.15, 0.2) is 6.61 Å². The van der Waals surface area contributed by atoms with E-state index in [1.807, 2.05) is 36.5 Å². The molecule has 1 atom stereocenters. The summed E-state index contributed by atoms with van der Waals surface area (Å²) < 4.78 is 4.89. The van der Waals surface area contributed by atoms with Gasteiger partial charge in [0.1, 0.15) is 0 Å². The van der Waals surface area contributed by atoms with Gasteiger partial charge in [-0.05, 0) is 24.1 Å². The van der Waals surface area contributed by atoms with E-state index in [1.54, 1.807) is 0 Å². The molecule has 0 aromatic heterocycles. The van der Waals surface area contributed by atoms with Crippen molar-refractivity contribution in [3.8, 4) is 0 Å². The molecule has 4 amide bonds. The number of anilines is 1. The van der Waals surface area contributed by atoms with Gasteiger partial charge < -0.3 is 15.0 Å². The largest absolute Gasteiger partial charge is 0.455 e. The lowest BCUT2D eigenvalue weighted by atomic mass is 10.1. The Labute approximate surface area is 145 Å². The Hall–Kier alpha value is -2.90. The number of ether oxygens (including phenoxy) is 1. The summed E-state index contributed by atoms with van der Waals surface area (Å²) in [6, 6.07) is 6.90. The van der Waals surface area contributed by atoms with Gasteiger partial charge in [-0.1, -0.05) is 19.1 Å². The van der Waals surface area contributed by atoms with Crippen LogP contribution in [0.5, 0.6) is 0 Å². The quantitative estimate of drug-likeness (QED) is 0.759. The predicted molar refractivity (Wildman–Crippen MR) is 89.8 cm³/mol. The number of nitrogens with zero attached hydrogens (tertiary/aromatic N) is 1. The number of benzene rings is 1. The van der Waals surface area contributed by atoms with Crippen LogP contribution in [0.25, 0.3) is 0 Å². The fourth-order valence-electron chi connectivity index (χ4n) is 2.51. The molecule has 1 fully saturated rings. The van der Waals surface area contributed by atoms with Crippen LogP contribution in [-0.4, -0.2) is 44.0 Å². The van der Waals surface area contributed by atoms with Crippen molar-refractivity contribution in [1.29, 1.82) is 0 Å². The maximum atomic E-state index is 12.2. The van der Waals surface area contributed by atoms with E-state index in [0.29, 0.717) is 0 Å². The lowest BCUT2D eigenvalue weighted by Crippen LogP contribution is -2.40. The van der Waals surface area contributed by atoms with E-state index in [1.165, 1.54) is 11.9 Å². The van der Waals surface area contributed by atoms with Gasteiger partial charge in [0.2, 0.25) is 5.91 Å². The standard InChI is InChI=1S/C17H21N3O5/c1-3-11-4-6-13(7-5-11)20-9-12(8-15(20)22)16(23)25-10-14(21)19-17(24)18-2/h4-7,12H,3,8-10H2,1-2H3,(H2,18,19,21,24)/t12-/m0/s1. The topological polar surface area (TPSA) is 105 Å². The Balaban J connectivity index is 1.89. The molecular formula is C17H21N3O5. The van der Waals surface area contributed by atoms with Crippen LogP contribution in [0.15, 0.2) is 24.3 Å². The van der Waals surface area contributed by atoms with Crippen molar-refractivity contribution in [2.75, 3.05) is 25.1 Å². The second-order valence-electron chi connectivity index (χ2n) is 5.66. The fourth-order valence-corrected chi connectivity index (χ4v) is 2.51. The molecule has 25 heavy (non-hydrogen) atoms. The number of rotatable bonds is 5. The van der Waals surface area contributed by atoms with Gasteiger partial charge in [0, 0.05) is 25.7 Å². The number of aryl methyl sites for hydroxylation is 1. The Morgan fingerprint density at radius 2 is 1.92 bits per heavy atom. The maximum absolute atomic E-state index is 12.2. The molecular weight excluding hydrogens is 326 g/mol. The molecule has 8 nitrogen and oxygen atoms in total. The SMILES string of the molecule is CCc1ccc(N2C[C@@H](C(=O)OCC(=O)NC(=O)NC)CC2=O)cc1. The monoisotopic (exact) mass is 347 g/mol. The number of urea groups is 1. The normalized spacial score (nSPS) is 16.5. The number of hydrogen-bond donors (Lipinski definition) is 2. The summed E-state index contributed by atoms with van der Waals surface area (Å²) in [5.74, 6) is -2.16. The molecule has 0 aliphatic carbocycles. The summed E-state index contributed by atoms with van der Waals surface area (Å²) in [6.07, 6.45) is 0.937. The van der Waals surface area contributed by atoms with Crippen LogP contribution in [0.3, 0.4) is 0 Å². The third-order valence-corrected chi connectivity index (χ3v) is 3.94. The van der Waals surface area contributed by atoms with Gasteiger partial charge in [-0.15, -0.1) is 0 Å². The smallest absolute Gasteiger partial charge is 0.321 e. The van der Waals surface area contributed by atoms with Gasteiger partial charge in [0.05, 0.1) is 5.92 Å². The van der Waals surface area contributed by atoms with Crippen molar-refractivity contribution in [2.24, 2.45) is 5.92 Å². The number of esters is 1. The lowest BCUT2D eigenvalue weighted by Gasteiger charge is -2.17. The predicted octanol–water partition coefficient (Wildman–Crippen LogP) is 0.601. The highest BCUT2D eigenvalue weighted by Crippen LogP contribution is 2.26. The second kappa shape index (κ2) is 8.27. The third-order valence-electron chi connectivity index (χ3n) is 3.94. The fraction of sp³-hybridized carbons (Fsp3) is 0.412. The molecule has 0 unspecified atom stereocenters. The van der Waals surface area contributed by atoms with Crippen molar-refractivity contribution in [1.82, 2.24) is 10.6 Å². The molecule has 0 saturated carbocycles. The number of carbonyl (C=O) groups is 4. The number of imide groups is 1. The van der Waals surface area contributed by atoms with Crippen LogP contribution in [-0.2, 0) is 25.5 Å². The minimum Gasteiger partial charge on any atom is -0.455 e. The number of nitrogens with one attached hydrogen (secondary N) is 2. The van der Waals surface area contributed by atoms with Crippen LogP contribution in [0.4, 0.5) is 10.5 Å². The third kappa shape index (κ3) is 4.79. The van der Waals surface area contributed by atoms with Crippen molar-refractivity contribution in [2.45, 2.75) is 19.8 Å². The van der Waals surface area contributed by atoms with E-state index in [2.05, 4.69) is 5.32 Å². The van der Waals surface area contributed by atoms with Crippen molar-refractivity contribution >= 4 is 29.5 Å². The van der Waals surface area contributed by atoms with Gasteiger partial charge in [-0.3, -0.25) is 19.7 Å². The average molecular weight is 347 g/mol. The molecule has 2 rings (SSSR count). The molecule has 1 aromatic rings. The summed E-state index contributed by atoms with van der Waals surface area (Å²) >= 11 is 0. The first-order valence-electron chi connectivity index (χ1n) is 8.02. The summed E-state index contributed by atoms with van der Waals surface area (Å²) in [4.78, 5) is 48.1. The first-order valence-corrected chi connectivity index (χ1v) is 8.02. The van der Waals surface area contributed by atoms with Crippen LogP contribution in [0, 0.1) is 5.92 Å². The molecule has 8 heteroatoms. The summed E-state index contributed by atoms with van der Waals surface area (Å²) in [5.41, 5.74) is 1.89. The van der Waals surface area contributed by atoms with E-state index in [9.17, 15) is 19.2 Å². The Kier molecular flexibility index (Phi) is 6.10. The number of carbonyl (C=O) groups excluding carboxylic acids is 4. The highest BCUT2D eigenvalue weighted by Gasteiger charge is 2.36. The van der Waals surface area contributed by atoms with Crippen molar-refractivity contribution in [3.05, 3.63) is 29.8 Å². The minimum absolute atomic E-state index is 0.0332. The van der Waals surface area contributed by atoms with E-state index in [4.69, 9.17) is 4.74 Å². The average Bonchev–Trinajstić information content (AvgIpc) is 3.01. The van der Waals surface area contributed by atoms with E-state index < -0.39 is 30.4 Å². The lowest BCUT2D eigenvalue weighted by molar-refractivity contribution is -0.152. The molecule has 0 bridgehead atoms. The molecule has 1 aromatic carbocycles. The second-order valence-corrected chi connectivity index (χ2v) is 5.66. The first-order chi connectivity index (χ1) is 11.9. The van der Waals surface area contributed by atoms with Crippen LogP contribution in [0.2, 0.25) is 0 Å². The molecule has 1 heterocycles. The van der Waals surface area contributed by atoms with Crippen LogP contribution < -0.4 is 15.5 Å². The Morgan fingerprint density at radius 1 is 1.24 bits per heavy atom. The molecule has 1 aliphatic rings. The van der Waals surface area contributed by atoms with E-state index >= 15 is 0 Å². The molecule has 0 radical (unpaired) electrons. The molecule has 0 spiro atoms. The Bertz CT molecular complexity index is 671. The molecule has 134 valence electrons.